The number of nitrogens with one attached hydrogen (secondary N) is 2. The molecule has 0 aromatic carbocycles. The average Bonchev–Trinajstić information content (AvgIpc) is 3.29. The lowest BCUT2D eigenvalue weighted by Crippen LogP contribution is -2.47. The normalized spacial score (nSPS) is 24.3. The lowest BCUT2D eigenvalue weighted by Gasteiger charge is -2.32. The zero-order valence-electron chi connectivity index (χ0n) is 13.0. The number of likely N-dealkylation sites (N-methyl/N-ethyl adjacent to an activating group) is 1. The standard InChI is InChI=1S/C14H29N3O3S/c1-2-17-8-9-20-14(12-17)11-16-21(18,19)10-4-3-7-15-13-5-6-13/h13-16H,2-12H2,1H3. The van der Waals surface area contributed by atoms with Crippen molar-refractivity contribution in [2.45, 2.75) is 44.8 Å². The number of nitrogens with zero attached hydrogens (tertiary/aromatic N) is 1. The molecule has 1 unspecified atom stereocenters. The third-order valence-electron chi connectivity index (χ3n) is 4.05. The molecule has 6 nitrogen and oxygen atoms in total. The van der Waals surface area contributed by atoms with E-state index in [1.165, 1.54) is 12.8 Å². The minimum absolute atomic E-state index is 0.0231. The minimum atomic E-state index is -3.17. The second-order valence-corrected chi connectivity index (χ2v) is 7.92. The first-order valence-electron chi connectivity index (χ1n) is 8.14. The Kier molecular flexibility index (Phi) is 6.88. The molecule has 0 radical (unpaired) electrons. The van der Waals surface area contributed by atoms with Crippen LogP contribution in [0, 0.1) is 0 Å². The fourth-order valence-corrected chi connectivity index (χ4v) is 3.66. The molecule has 21 heavy (non-hydrogen) atoms. The van der Waals surface area contributed by atoms with Crippen LogP contribution in [0.1, 0.15) is 32.6 Å². The summed E-state index contributed by atoms with van der Waals surface area (Å²) in [5.41, 5.74) is 0. The number of hydrogen-bond donors (Lipinski definition) is 2. The Balaban J connectivity index is 1.56. The van der Waals surface area contributed by atoms with Crippen molar-refractivity contribution in [2.75, 3.05) is 45.1 Å². The summed E-state index contributed by atoms with van der Waals surface area (Å²) in [4.78, 5) is 2.28. The van der Waals surface area contributed by atoms with Gasteiger partial charge in [0.1, 0.15) is 0 Å². The highest BCUT2D eigenvalue weighted by Gasteiger charge is 2.22. The summed E-state index contributed by atoms with van der Waals surface area (Å²) >= 11 is 0. The molecule has 1 heterocycles. The molecule has 2 aliphatic rings. The predicted molar refractivity (Wildman–Crippen MR) is 83.9 cm³/mol. The summed E-state index contributed by atoms with van der Waals surface area (Å²) in [6.07, 6.45) is 4.15. The molecule has 124 valence electrons. The molecule has 0 aromatic rings. The quantitative estimate of drug-likeness (QED) is 0.561. The van der Waals surface area contributed by atoms with Gasteiger partial charge in [0.15, 0.2) is 0 Å². The van der Waals surface area contributed by atoms with Gasteiger partial charge in [-0.25, -0.2) is 13.1 Å². The Bertz CT molecular complexity index is 398. The van der Waals surface area contributed by atoms with Crippen molar-refractivity contribution in [2.24, 2.45) is 0 Å². The monoisotopic (exact) mass is 319 g/mol. The second kappa shape index (κ2) is 8.43. The van der Waals surface area contributed by atoms with Crippen LogP contribution in [-0.2, 0) is 14.8 Å². The van der Waals surface area contributed by atoms with Crippen LogP contribution in [0.3, 0.4) is 0 Å². The van der Waals surface area contributed by atoms with Crippen molar-refractivity contribution in [3.05, 3.63) is 0 Å². The lowest BCUT2D eigenvalue weighted by atomic mass is 10.3. The molecule has 1 atom stereocenters. The molecule has 0 bridgehead atoms. The molecule has 1 aliphatic heterocycles. The van der Waals surface area contributed by atoms with E-state index in [2.05, 4.69) is 21.9 Å². The number of rotatable bonds is 10. The molecule has 0 amide bonds. The van der Waals surface area contributed by atoms with Crippen molar-refractivity contribution in [1.29, 1.82) is 0 Å². The Hall–Kier alpha value is -0.210. The van der Waals surface area contributed by atoms with Gasteiger partial charge in [-0.15, -0.1) is 0 Å². The summed E-state index contributed by atoms with van der Waals surface area (Å²) in [6.45, 7) is 6.85. The van der Waals surface area contributed by atoms with E-state index in [9.17, 15) is 8.42 Å². The summed E-state index contributed by atoms with van der Waals surface area (Å²) in [5, 5.41) is 3.40. The van der Waals surface area contributed by atoms with Gasteiger partial charge in [-0.05, 0) is 38.8 Å². The van der Waals surface area contributed by atoms with Gasteiger partial charge in [0.25, 0.3) is 0 Å². The van der Waals surface area contributed by atoms with Crippen LogP contribution in [0.15, 0.2) is 0 Å². The molecule has 1 saturated heterocycles. The predicted octanol–water partition coefficient (Wildman–Crippen LogP) is 0.159. The van der Waals surface area contributed by atoms with Gasteiger partial charge in [-0.1, -0.05) is 6.92 Å². The lowest BCUT2D eigenvalue weighted by molar-refractivity contribution is -0.0229. The van der Waals surface area contributed by atoms with Crippen LogP contribution in [0.25, 0.3) is 0 Å². The SMILES string of the molecule is CCN1CCOC(CNS(=O)(=O)CCCCNC2CC2)C1. The molecule has 2 fully saturated rings. The van der Waals surface area contributed by atoms with E-state index in [0.717, 1.165) is 32.6 Å². The van der Waals surface area contributed by atoms with Crippen LogP contribution >= 0.6 is 0 Å². The number of ether oxygens (including phenoxy) is 1. The topological polar surface area (TPSA) is 70.7 Å². The highest BCUT2D eigenvalue weighted by Crippen LogP contribution is 2.18. The highest BCUT2D eigenvalue weighted by atomic mass is 32.2. The maximum Gasteiger partial charge on any atom is 0.211 e. The first-order chi connectivity index (χ1) is 10.1. The summed E-state index contributed by atoms with van der Waals surface area (Å²) in [5.74, 6) is 0.212. The third kappa shape index (κ3) is 7.06. The van der Waals surface area contributed by atoms with E-state index in [0.29, 0.717) is 25.6 Å². The largest absolute Gasteiger partial charge is 0.374 e. The van der Waals surface area contributed by atoms with Crippen LogP contribution in [-0.4, -0.2) is 70.5 Å². The smallest absolute Gasteiger partial charge is 0.211 e. The first kappa shape index (κ1) is 17.1. The second-order valence-electron chi connectivity index (χ2n) is 5.99. The van der Waals surface area contributed by atoms with E-state index < -0.39 is 10.0 Å². The summed E-state index contributed by atoms with van der Waals surface area (Å²) < 4.78 is 32.2. The number of sulfonamides is 1. The van der Waals surface area contributed by atoms with Gasteiger partial charge in [0, 0.05) is 25.7 Å². The van der Waals surface area contributed by atoms with Gasteiger partial charge in [0.05, 0.1) is 18.5 Å². The van der Waals surface area contributed by atoms with Gasteiger partial charge in [-0.2, -0.15) is 0 Å². The van der Waals surface area contributed by atoms with Gasteiger partial charge in [-0.3, -0.25) is 4.90 Å². The van der Waals surface area contributed by atoms with E-state index in [4.69, 9.17) is 4.74 Å². The summed E-state index contributed by atoms with van der Waals surface area (Å²) in [7, 11) is -3.17. The van der Waals surface area contributed by atoms with Gasteiger partial charge in [0.2, 0.25) is 10.0 Å². The molecule has 2 rings (SSSR count). The zero-order valence-corrected chi connectivity index (χ0v) is 13.8. The Labute approximate surface area is 128 Å². The van der Waals surface area contributed by atoms with Crippen molar-refractivity contribution < 1.29 is 13.2 Å². The Morgan fingerprint density at radius 1 is 1.29 bits per heavy atom. The molecular weight excluding hydrogens is 290 g/mol. The molecule has 1 aliphatic carbocycles. The van der Waals surface area contributed by atoms with Crippen LogP contribution < -0.4 is 10.0 Å². The fourth-order valence-electron chi connectivity index (χ4n) is 2.49. The van der Waals surface area contributed by atoms with Crippen molar-refractivity contribution in [1.82, 2.24) is 14.9 Å². The maximum absolute atomic E-state index is 11.9. The maximum atomic E-state index is 11.9. The average molecular weight is 319 g/mol. The molecule has 7 heteroatoms. The molecule has 0 aromatic heterocycles. The first-order valence-corrected chi connectivity index (χ1v) is 9.79. The van der Waals surface area contributed by atoms with Crippen LogP contribution in [0.2, 0.25) is 0 Å². The van der Waals surface area contributed by atoms with Crippen molar-refractivity contribution in [3.8, 4) is 0 Å². The van der Waals surface area contributed by atoms with Crippen LogP contribution in [0.5, 0.6) is 0 Å². The van der Waals surface area contributed by atoms with E-state index in [1.54, 1.807) is 0 Å². The van der Waals surface area contributed by atoms with E-state index in [1.807, 2.05) is 0 Å². The number of unbranched alkanes of at least 4 members (excludes halogenated alkanes) is 1. The Morgan fingerprint density at radius 3 is 2.81 bits per heavy atom. The molecule has 2 N–H and O–H groups in total. The zero-order chi connectivity index (χ0) is 15.1. The van der Waals surface area contributed by atoms with E-state index in [-0.39, 0.29) is 11.9 Å². The molecule has 1 saturated carbocycles. The van der Waals surface area contributed by atoms with Crippen molar-refractivity contribution >= 4 is 10.0 Å². The molecule has 0 spiro atoms. The third-order valence-corrected chi connectivity index (χ3v) is 5.48. The highest BCUT2D eigenvalue weighted by molar-refractivity contribution is 7.89. The minimum Gasteiger partial charge on any atom is -0.374 e. The van der Waals surface area contributed by atoms with Crippen molar-refractivity contribution in [3.63, 3.8) is 0 Å². The van der Waals surface area contributed by atoms with Gasteiger partial charge >= 0.3 is 0 Å². The Morgan fingerprint density at radius 2 is 2.10 bits per heavy atom. The number of morpholine rings is 1. The molecular formula is C14H29N3O3S. The number of hydrogen-bond acceptors (Lipinski definition) is 5. The van der Waals surface area contributed by atoms with Gasteiger partial charge < -0.3 is 10.1 Å². The van der Waals surface area contributed by atoms with E-state index >= 15 is 0 Å². The summed E-state index contributed by atoms with van der Waals surface area (Å²) in [6, 6.07) is 0.699. The van der Waals surface area contributed by atoms with Crippen LogP contribution in [0.4, 0.5) is 0 Å². The fraction of sp³-hybridized carbons (Fsp3) is 1.00.